The van der Waals surface area contributed by atoms with Gasteiger partial charge in [-0.15, -0.1) is 0 Å². The molecule has 1 atom stereocenters. The van der Waals surface area contributed by atoms with E-state index in [4.69, 9.17) is 0 Å². The summed E-state index contributed by atoms with van der Waals surface area (Å²) in [4.78, 5) is 0. The number of nitrogens with zero attached hydrogens (tertiary/aromatic N) is 1. The molecule has 1 saturated carbocycles. The summed E-state index contributed by atoms with van der Waals surface area (Å²) in [6.45, 7) is 6.94. The largest absolute Gasteiger partial charge is 0.354 e. The molecule has 0 unspecified atom stereocenters. The summed E-state index contributed by atoms with van der Waals surface area (Å²) in [7, 11) is 0. The first kappa shape index (κ1) is 12.3. The van der Waals surface area contributed by atoms with Gasteiger partial charge in [0.1, 0.15) is 0 Å². The van der Waals surface area contributed by atoms with Crippen molar-refractivity contribution >= 4 is 0 Å². The van der Waals surface area contributed by atoms with Crippen molar-refractivity contribution < 1.29 is 0 Å². The predicted molar refractivity (Wildman–Crippen MR) is 75.5 cm³/mol. The molecule has 100 valence electrons. The normalized spacial score (nSPS) is 26.5. The zero-order valence-electron chi connectivity index (χ0n) is 11.8. The van der Waals surface area contributed by atoms with E-state index >= 15 is 0 Å². The van der Waals surface area contributed by atoms with E-state index < -0.39 is 0 Å². The fraction of sp³-hybridized carbons (Fsp3) is 0.750. The molecule has 2 aliphatic rings. The lowest BCUT2D eigenvalue weighted by Crippen LogP contribution is -2.56. The summed E-state index contributed by atoms with van der Waals surface area (Å²) in [5.41, 5.74) is 2.12. The number of hydrogen-bond acceptors (Lipinski definition) is 1. The lowest BCUT2D eigenvalue weighted by atomic mass is 9.63. The van der Waals surface area contributed by atoms with Gasteiger partial charge in [-0.25, -0.2) is 0 Å². The van der Waals surface area contributed by atoms with Gasteiger partial charge < -0.3 is 9.88 Å². The molecule has 3 rings (SSSR count). The van der Waals surface area contributed by atoms with Crippen molar-refractivity contribution in [3.63, 3.8) is 0 Å². The summed E-state index contributed by atoms with van der Waals surface area (Å²) < 4.78 is 2.36. The lowest BCUT2D eigenvalue weighted by molar-refractivity contribution is 0.0360. The Bertz CT molecular complexity index is 399. The predicted octanol–water partition coefficient (Wildman–Crippen LogP) is 3.74. The third-order valence-corrected chi connectivity index (χ3v) is 4.80. The monoisotopic (exact) mass is 246 g/mol. The smallest absolute Gasteiger partial charge is 0.0404 e. The van der Waals surface area contributed by atoms with Crippen LogP contribution in [-0.2, 0) is 6.54 Å². The van der Waals surface area contributed by atoms with Gasteiger partial charge in [0.2, 0.25) is 0 Å². The molecule has 1 aliphatic heterocycles. The number of rotatable bonds is 3. The van der Waals surface area contributed by atoms with Gasteiger partial charge in [0.15, 0.2) is 0 Å². The zero-order chi connectivity index (χ0) is 12.6. The number of aromatic nitrogens is 1. The highest BCUT2D eigenvalue weighted by Crippen LogP contribution is 2.51. The first-order valence-electron chi connectivity index (χ1n) is 7.59. The van der Waals surface area contributed by atoms with Crippen LogP contribution >= 0.6 is 0 Å². The van der Waals surface area contributed by atoms with Gasteiger partial charge in [0.25, 0.3) is 0 Å². The Morgan fingerprint density at radius 1 is 1.33 bits per heavy atom. The average molecular weight is 246 g/mol. The van der Waals surface area contributed by atoms with Gasteiger partial charge in [-0.05, 0) is 30.4 Å². The highest BCUT2D eigenvalue weighted by atomic mass is 15.1. The van der Waals surface area contributed by atoms with Crippen LogP contribution < -0.4 is 5.32 Å². The van der Waals surface area contributed by atoms with E-state index in [9.17, 15) is 0 Å². The van der Waals surface area contributed by atoms with E-state index in [1.165, 1.54) is 44.2 Å². The minimum atomic E-state index is 0.599. The molecule has 1 aliphatic carbocycles. The summed E-state index contributed by atoms with van der Waals surface area (Å²) in [5.74, 6) is 0.725. The maximum absolute atomic E-state index is 3.68. The van der Waals surface area contributed by atoms with Crippen LogP contribution in [0.1, 0.15) is 57.6 Å². The van der Waals surface area contributed by atoms with E-state index in [1.54, 1.807) is 0 Å². The molecule has 18 heavy (non-hydrogen) atoms. The minimum Gasteiger partial charge on any atom is -0.354 e. The second-order valence-corrected chi connectivity index (χ2v) is 6.77. The maximum Gasteiger partial charge on any atom is 0.0404 e. The molecule has 1 aromatic rings. The molecule has 2 heteroatoms. The van der Waals surface area contributed by atoms with E-state index in [1.807, 2.05) is 0 Å². The van der Waals surface area contributed by atoms with Crippen molar-refractivity contribution in [2.75, 3.05) is 6.54 Å². The third-order valence-electron chi connectivity index (χ3n) is 4.80. The average Bonchev–Trinajstić information content (AvgIpc) is 2.76. The van der Waals surface area contributed by atoms with E-state index in [-0.39, 0.29) is 0 Å². The standard InChI is InChI=1S/C16H26N2/c1-13(2)10-18-9-6-14(11-18)15-16(12-17-15)7-4-3-5-8-16/h6,9,11,13,15,17H,3-5,7-8,10,12H2,1-2H3/t15-/m0/s1. The zero-order valence-corrected chi connectivity index (χ0v) is 11.8. The molecule has 1 N–H and O–H groups in total. The SMILES string of the molecule is CC(C)Cn1ccc([C@@H]2NCC23CCCCC3)c1. The Morgan fingerprint density at radius 3 is 2.72 bits per heavy atom. The van der Waals surface area contributed by atoms with E-state index in [0.29, 0.717) is 11.5 Å². The minimum absolute atomic E-state index is 0.599. The van der Waals surface area contributed by atoms with Gasteiger partial charge in [-0.3, -0.25) is 0 Å². The van der Waals surface area contributed by atoms with Gasteiger partial charge in [0.05, 0.1) is 0 Å². The van der Waals surface area contributed by atoms with Crippen LogP contribution in [0.4, 0.5) is 0 Å². The highest BCUT2D eigenvalue weighted by Gasteiger charge is 2.47. The molecule has 1 spiro atoms. The van der Waals surface area contributed by atoms with Crippen molar-refractivity contribution in [1.29, 1.82) is 0 Å². The van der Waals surface area contributed by atoms with Crippen molar-refractivity contribution in [3.05, 3.63) is 24.0 Å². The number of nitrogens with one attached hydrogen (secondary N) is 1. The molecule has 0 amide bonds. The Kier molecular flexibility index (Phi) is 3.23. The third kappa shape index (κ3) is 2.11. The van der Waals surface area contributed by atoms with Crippen LogP contribution in [0.2, 0.25) is 0 Å². The molecule has 1 saturated heterocycles. The van der Waals surface area contributed by atoms with Crippen LogP contribution in [-0.4, -0.2) is 11.1 Å². The quantitative estimate of drug-likeness (QED) is 0.859. The van der Waals surface area contributed by atoms with Crippen LogP contribution in [0, 0.1) is 11.3 Å². The Labute approximate surface area is 111 Å². The summed E-state index contributed by atoms with van der Waals surface area (Å²) in [6, 6.07) is 2.96. The fourth-order valence-electron chi connectivity index (χ4n) is 3.85. The topological polar surface area (TPSA) is 17.0 Å². The van der Waals surface area contributed by atoms with Crippen molar-refractivity contribution in [2.45, 2.75) is 58.5 Å². The van der Waals surface area contributed by atoms with Crippen molar-refractivity contribution in [1.82, 2.24) is 9.88 Å². The molecule has 0 aromatic carbocycles. The molecule has 2 fully saturated rings. The van der Waals surface area contributed by atoms with E-state index in [0.717, 1.165) is 12.5 Å². The first-order valence-corrected chi connectivity index (χ1v) is 7.59. The second-order valence-electron chi connectivity index (χ2n) is 6.77. The lowest BCUT2D eigenvalue weighted by Gasteiger charge is -2.53. The molecule has 0 radical (unpaired) electrons. The van der Waals surface area contributed by atoms with Crippen molar-refractivity contribution in [3.8, 4) is 0 Å². The number of hydrogen-bond donors (Lipinski definition) is 1. The molecule has 0 bridgehead atoms. The summed E-state index contributed by atoms with van der Waals surface area (Å²) in [6.07, 6.45) is 11.8. The summed E-state index contributed by atoms with van der Waals surface area (Å²) >= 11 is 0. The van der Waals surface area contributed by atoms with Crippen LogP contribution in [0.25, 0.3) is 0 Å². The Hall–Kier alpha value is -0.760. The van der Waals surface area contributed by atoms with Crippen LogP contribution in [0.15, 0.2) is 18.5 Å². The van der Waals surface area contributed by atoms with Crippen LogP contribution in [0.5, 0.6) is 0 Å². The summed E-state index contributed by atoms with van der Waals surface area (Å²) in [5, 5.41) is 3.68. The Morgan fingerprint density at radius 2 is 2.11 bits per heavy atom. The Balaban J connectivity index is 1.72. The molecule has 1 aromatic heterocycles. The fourth-order valence-corrected chi connectivity index (χ4v) is 3.85. The second kappa shape index (κ2) is 4.73. The van der Waals surface area contributed by atoms with Crippen molar-refractivity contribution in [2.24, 2.45) is 11.3 Å². The van der Waals surface area contributed by atoms with Gasteiger partial charge in [-0.2, -0.15) is 0 Å². The maximum atomic E-state index is 3.68. The van der Waals surface area contributed by atoms with Gasteiger partial charge in [-0.1, -0.05) is 33.1 Å². The molecular weight excluding hydrogens is 220 g/mol. The van der Waals surface area contributed by atoms with Crippen LogP contribution in [0.3, 0.4) is 0 Å². The highest BCUT2D eigenvalue weighted by molar-refractivity contribution is 5.23. The first-order chi connectivity index (χ1) is 8.70. The van der Waals surface area contributed by atoms with E-state index in [2.05, 4.69) is 42.2 Å². The molecular formula is C16H26N2. The van der Waals surface area contributed by atoms with Gasteiger partial charge >= 0.3 is 0 Å². The molecule has 2 heterocycles. The van der Waals surface area contributed by atoms with Gasteiger partial charge in [0, 0.05) is 36.9 Å². The molecule has 2 nitrogen and oxygen atoms in total.